The maximum atomic E-state index is 12.2. The second kappa shape index (κ2) is 9.00. The minimum absolute atomic E-state index is 0.155. The van der Waals surface area contributed by atoms with Crippen molar-refractivity contribution in [3.05, 3.63) is 59.2 Å². The van der Waals surface area contributed by atoms with E-state index in [-0.39, 0.29) is 6.03 Å². The van der Waals surface area contributed by atoms with Gasteiger partial charge in [-0.25, -0.2) is 4.79 Å². The van der Waals surface area contributed by atoms with Gasteiger partial charge >= 0.3 is 6.03 Å². The van der Waals surface area contributed by atoms with Gasteiger partial charge in [-0.15, -0.1) is 11.8 Å². The zero-order valence-corrected chi connectivity index (χ0v) is 15.4. The molecule has 5 nitrogen and oxygen atoms in total. The van der Waals surface area contributed by atoms with Crippen molar-refractivity contribution >= 4 is 17.8 Å². The number of nitrogens with zero attached hydrogens (tertiary/aromatic N) is 2. The maximum Gasteiger partial charge on any atom is 0.317 e. The van der Waals surface area contributed by atoms with Crippen molar-refractivity contribution in [1.82, 2.24) is 10.2 Å². The first-order valence-electron chi connectivity index (χ1n) is 7.76. The molecule has 0 bridgehead atoms. The van der Waals surface area contributed by atoms with E-state index < -0.39 is 0 Å². The number of rotatable bonds is 6. The molecule has 0 fully saturated rings. The second-order valence-corrected chi connectivity index (χ2v) is 6.36. The smallest absolute Gasteiger partial charge is 0.317 e. The zero-order valence-electron chi connectivity index (χ0n) is 14.6. The molecule has 130 valence electrons. The Morgan fingerprint density at radius 2 is 1.92 bits per heavy atom. The van der Waals surface area contributed by atoms with Gasteiger partial charge in [0.15, 0.2) is 0 Å². The van der Waals surface area contributed by atoms with Gasteiger partial charge < -0.3 is 15.0 Å². The number of urea groups is 1. The Bertz CT molecular complexity index is 769. The van der Waals surface area contributed by atoms with Crippen molar-refractivity contribution < 1.29 is 9.53 Å². The third-order valence-electron chi connectivity index (χ3n) is 3.74. The molecule has 2 amide bonds. The average molecular weight is 355 g/mol. The molecule has 0 radical (unpaired) electrons. The number of hydrogen-bond donors (Lipinski definition) is 1. The van der Waals surface area contributed by atoms with E-state index in [9.17, 15) is 4.79 Å². The maximum absolute atomic E-state index is 12.2. The minimum atomic E-state index is -0.155. The lowest BCUT2D eigenvalue weighted by atomic mass is 10.1. The Labute approximate surface area is 152 Å². The second-order valence-electron chi connectivity index (χ2n) is 5.51. The summed E-state index contributed by atoms with van der Waals surface area (Å²) in [5, 5.41) is 11.7. The van der Waals surface area contributed by atoms with Crippen LogP contribution in [0.25, 0.3) is 0 Å². The number of nitriles is 1. The molecule has 0 heterocycles. The van der Waals surface area contributed by atoms with Crippen LogP contribution in [0.2, 0.25) is 0 Å². The van der Waals surface area contributed by atoms with Gasteiger partial charge in [-0.05, 0) is 41.6 Å². The number of benzene rings is 2. The molecular weight excluding hydrogens is 334 g/mol. The normalized spacial score (nSPS) is 10.0. The molecule has 0 spiro atoms. The first kappa shape index (κ1) is 18.7. The molecule has 0 unspecified atom stereocenters. The number of amides is 2. The molecule has 0 aliphatic rings. The predicted molar refractivity (Wildman–Crippen MR) is 99.6 cm³/mol. The monoisotopic (exact) mass is 355 g/mol. The Morgan fingerprint density at radius 1 is 1.24 bits per heavy atom. The Morgan fingerprint density at radius 3 is 2.52 bits per heavy atom. The summed E-state index contributed by atoms with van der Waals surface area (Å²) in [6, 6.07) is 15.0. The molecule has 6 heteroatoms. The summed E-state index contributed by atoms with van der Waals surface area (Å²) >= 11 is 1.62. The third-order valence-corrected chi connectivity index (χ3v) is 4.52. The lowest BCUT2D eigenvalue weighted by molar-refractivity contribution is 0.206. The molecule has 2 aromatic carbocycles. The van der Waals surface area contributed by atoms with Crippen molar-refractivity contribution in [2.24, 2.45) is 0 Å². The first-order valence-corrected chi connectivity index (χ1v) is 8.98. The fourth-order valence-electron chi connectivity index (χ4n) is 2.33. The minimum Gasteiger partial charge on any atom is -0.496 e. The molecular formula is C19H21N3O2S. The molecule has 25 heavy (non-hydrogen) atoms. The van der Waals surface area contributed by atoms with Crippen LogP contribution in [0.15, 0.2) is 47.4 Å². The summed E-state index contributed by atoms with van der Waals surface area (Å²) in [6.45, 7) is 0.911. The van der Waals surface area contributed by atoms with Crippen molar-refractivity contribution in [2.75, 3.05) is 20.4 Å². The SMILES string of the molecule is COc1cc(CN(C)C(=O)NCc2ccc(C#N)cc2)ccc1SC. The topological polar surface area (TPSA) is 65.4 Å². The highest BCUT2D eigenvalue weighted by Gasteiger charge is 2.10. The van der Waals surface area contributed by atoms with Crippen LogP contribution >= 0.6 is 11.8 Å². The van der Waals surface area contributed by atoms with E-state index in [2.05, 4.69) is 11.4 Å². The van der Waals surface area contributed by atoms with Crippen LogP contribution in [0.1, 0.15) is 16.7 Å². The van der Waals surface area contributed by atoms with Gasteiger partial charge in [-0.1, -0.05) is 18.2 Å². The van der Waals surface area contributed by atoms with Crippen molar-refractivity contribution in [3.8, 4) is 11.8 Å². The molecule has 0 saturated carbocycles. The standard InChI is InChI=1S/C19H21N3O2S/c1-22(13-16-8-9-18(25-3)17(10-16)24-2)19(23)21-12-15-6-4-14(11-20)5-7-15/h4-10H,12-13H2,1-3H3,(H,21,23). The number of nitrogens with one attached hydrogen (secondary N) is 1. The summed E-state index contributed by atoms with van der Waals surface area (Å²) in [5.41, 5.74) is 2.56. The third kappa shape index (κ3) is 5.16. The fourth-order valence-corrected chi connectivity index (χ4v) is 2.88. The summed E-state index contributed by atoms with van der Waals surface area (Å²) < 4.78 is 5.38. The highest BCUT2D eigenvalue weighted by atomic mass is 32.2. The molecule has 0 aromatic heterocycles. The van der Waals surface area contributed by atoms with Crippen LogP contribution < -0.4 is 10.1 Å². The van der Waals surface area contributed by atoms with Crippen LogP contribution in [0.5, 0.6) is 5.75 Å². The Balaban J connectivity index is 1.92. The summed E-state index contributed by atoms with van der Waals surface area (Å²) in [7, 11) is 3.40. The molecule has 0 aliphatic heterocycles. The van der Waals surface area contributed by atoms with Crippen molar-refractivity contribution in [3.63, 3.8) is 0 Å². The van der Waals surface area contributed by atoms with Gasteiger partial charge in [-0.3, -0.25) is 0 Å². The lowest BCUT2D eigenvalue weighted by Crippen LogP contribution is -2.36. The molecule has 1 N–H and O–H groups in total. The van der Waals surface area contributed by atoms with E-state index in [0.29, 0.717) is 18.7 Å². The summed E-state index contributed by atoms with van der Waals surface area (Å²) in [6.07, 6.45) is 2.00. The highest BCUT2D eigenvalue weighted by Crippen LogP contribution is 2.28. The predicted octanol–water partition coefficient (Wildman–Crippen LogP) is 3.63. The average Bonchev–Trinajstić information content (AvgIpc) is 2.66. The fraction of sp³-hybridized carbons (Fsp3) is 0.263. The quantitative estimate of drug-likeness (QED) is 0.804. The molecule has 2 rings (SSSR count). The van der Waals surface area contributed by atoms with E-state index >= 15 is 0 Å². The number of methoxy groups -OCH3 is 1. The van der Waals surface area contributed by atoms with E-state index in [1.807, 2.05) is 36.6 Å². The van der Waals surface area contributed by atoms with Gasteiger partial charge in [0.25, 0.3) is 0 Å². The van der Waals surface area contributed by atoms with Crippen molar-refractivity contribution in [2.45, 2.75) is 18.0 Å². The van der Waals surface area contributed by atoms with Crippen LogP contribution in [0.3, 0.4) is 0 Å². The first-order chi connectivity index (χ1) is 12.1. The van der Waals surface area contributed by atoms with Crippen molar-refractivity contribution in [1.29, 1.82) is 5.26 Å². The molecule has 0 atom stereocenters. The highest BCUT2D eigenvalue weighted by molar-refractivity contribution is 7.98. The Hall–Kier alpha value is -2.65. The van der Waals surface area contributed by atoms with Crippen LogP contribution in [-0.2, 0) is 13.1 Å². The van der Waals surface area contributed by atoms with Gasteiger partial charge in [0, 0.05) is 25.0 Å². The largest absolute Gasteiger partial charge is 0.496 e. The number of hydrogen-bond acceptors (Lipinski definition) is 4. The zero-order chi connectivity index (χ0) is 18.2. The van der Waals surface area contributed by atoms with Crippen LogP contribution in [0, 0.1) is 11.3 Å². The Kier molecular flexibility index (Phi) is 6.72. The number of thioether (sulfide) groups is 1. The number of carbonyl (C=O) groups excluding carboxylic acids is 1. The van der Waals surface area contributed by atoms with Gasteiger partial charge in [0.05, 0.1) is 18.7 Å². The van der Waals surface area contributed by atoms with E-state index in [0.717, 1.165) is 21.8 Å². The van der Waals surface area contributed by atoms with Gasteiger partial charge in [-0.2, -0.15) is 5.26 Å². The number of carbonyl (C=O) groups is 1. The van der Waals surface area contributed by atoms with Gasteiger partial charge in [0.1, 0.15) is 5.75 Å². The van der Waals surface area contributed by atoms with Crippen LogP contribution in [-0.4, -0.2) is 31.3 Å². The summed E-state index contributed by atoms with van der Waals surface area (Å²) in [4.78, 5) is 14.9. The number of ether oxygens (including phenoxy) is 1. The van der Waals surface area contributed by atoms with E-state index in [1.165, 1.54) is 0 Å². The molecule has 0 saturated heterocycles. The van der Waals surface area contributed by atoms with E-state index in [1.54, 1.807) is 43.0 Å². The van der Waals surface area contributed by atoms with Gasteiger partial charge in [0.2, 0.25) is 0 Å². The van der Waals surface area contributed by atoms with Crippen LogP contribution in [0.4, 0.5) is 4.79 Å². The van der Waals surface area contributed by atoms with E-state index in [4.69, 9.17) is 10.00 Å². The molecule has 2 aromatic rings. The molecule has 0 aliphatic carbocycles. The lowest BCUT2D eigenvalue weighted by Gasteiger charge is -2.19. The summed E-state index contributed by atoms with van der Waals surface area (Å²) in [5.74, 6) is 0.816.